The summed E-state index contributed by atoms with van der Waals surface area (Å²) in [5, 5.41) is 1.10. The molecule has 0 amide bonds. The van der Waals surface area contributed by atoms with Gasteiger partial charge in [-0.3, -0.25) is 0 Å². The van der Waals surface area contributed by atoms with E-state index in [4.69, 9.17) is 22.1 Å². The Balaban J connectivity index is 1.39. The predicted octanol–water partition coefficient (Wildman–Crippen LogP) is 3.68. The molecule has 3 atom stereocenters. The predicted molar refractivity (Wildman–Crippen MR) is 134 cm³/mol. The van der Waals surface area contributed by atoms with Gasteiger partial charge < -0.3 is 15.4 Å². The number of nitrogens with two attached hydrogens (primary N) is 1. The summed E-state index contributed by atoms with van der Waals surface area (Å²) >= 11 is 7.57. The summed E-state index contributed by atoms with van der Waals surface area (Å²) < 4.78 is 21.9. The van der Waals surface area contributed by atoms with Gasteiger partial charge in [0.2, 0.25) is 0 Å². The fourth-order valence-corrected chi connectivity index (χ4v) is 6.28. The molecule has 4 rings (SSSR count). The average molecular weight is 511 g/mol. The molecule has 2 aliphatic rings. The zero-order valence-electron chi connectivity index (χ0n) is 19.4. The standard InChI is InChI=1S/C22H31ClN6O2S2/c1-14-19(28-33(30)21(2,3)4)22(13-31-14)7-9-29(10-8-22)17-11-26-18(12-25-17)32-15-5-6-16(24)27-20(15)23/h5-6,11-12,14,19,28H,7-10,13H2,1-4H3,(H2,24,27)/t14-,19+,33+/m0/s1. The number of halogens is 1. The first kappa shape index (κ1) is 24.7. The fourth-order valence-electron chi connectivity index (χ4n) is 4.28. The Hall–Kier alpha value is -1.46. The molecule has 2 aromatic rings. The van der Waals surface area contributed by atoms with Crippen molar-refractivity contribution in [2.24, 2.45) is 5.41 Å². The SMILES string of the molecule is C[C@@H]1OCC2(CCN(c3cnc(Sc4ccc(N)nc4Cl)cn3)CC2)[C@@H]1N[S@](=O)C(C)(C)C. The van der Waals surface area contributed by atoms with Crippen LogP contribution in [0.5, 0.6) is 0 Å². The molecule has 3 N–H and O–H groups in total. The summed E-state index contributed by atoms with van der Waals surface area (Å²) in [6.07, 6.45) is 5.49. The van der Waals surface area contributed by atoms with Crippen LogP contribution in [0.3, 0.4) is 0 Å². The Labute approximate surface area is 207 Å². The van der Waals surface area contributed by atoms with Gasteiger partial charge in [-0.05, 0) is 52.7 Å². The lowest BCUT2D eigenvalue weighted by Crippen LogP contribution is -2.55. The second-order valence-electron chi connectivity index (χ2n) is 9.68. The van der Waals surface area contributed by atoms with Crippen molar-refractivity contribution in [1.29, 1.82) is 0 Å². The van der Waals surface area contributed by atoms with E-state index in [9.17, 15) is 4.21 Å². The van der Waals surface area contributed by atoms with E-state index in [1.54, 1.807) is 18.5 Å². The van der Waals surface area contributed by atoms with E-state index in [-0.39, 0.29) is 22.3 Å². The topological polar surface area (TPSA) is 106 Å². The van der Waals surface area contributed by atoms with Crippen LogP contribution < -0.4 is 15.4 Å². The van der Waals surface area contributed by atoms with Gasteiger partial charge in [-0.15, -0.1) is 0 Å². The minimum absolute atomic E-state index is 0.0149. The summed E-state index contributed by atoms with van der Waals surface area (Å²) in [7, 11) is -1.13. The minimum atomic E-state index is -1.13. The number of hydrogen-bond donors (Lipinski definition) is 2. The van der Waals surface area contributed by atoms with Gasteiger partial charge in [-0.2, -0.15) is 0 Å². The molecule has 11 heteroatoms. The van der Waals surface area contributed by atoms with Crippen LogP contribution in [0.2, 0.25) is 5.15 Å². The first-order chi connectivity index (χ1) is 15.6. The summed E-state index contributed by atoms with van der Waals surface area (Å²) in [6, 6.07) is 3.62. The Morgan fingerprint density at radius 1 is 1.27 bits per heavy atom. The first-order valence-electron chi connectivity index (χ1n) is 11.0. The molecule has 8 nitrogen and oxygen atoms in total. The normalized spacial score (nSPS) is 23.7. The summed E-state index contributed by atoms with van der Waals surface area (Å²) in [5.74, 6) is 1.24. The summed E-state index contributed by atoms with van der Waals surface area (Å²) in [4.78, 5) is 16.3. The maximum Gasteiger partial charge on any atom is 0.147 e. The molecule has 0 saturated carbocycles. The lowest BCUT2D eigenvalue weighted by atomic mass is 9.73. The highest BCUT2D eigenvalue weighted by Gasteiger charge is 2.50. The second kappa shape index (κ2) is 9.65. The van der Waals surface area contributed by atoms with Crippen LogP contribution in [-0.4, -0.2) is 55.8 Å². The third kappa shape index (κ3) is 5.45. The van der Waals surface area contributed by atoms with Crippen molar-refractivity contribution < 1.29 is 8.95 Å². The number of piperidine rings is 1. The third-order valence-electron chi connectivity index (χ3n) is 6.30. The van der Waals surface area contributed by atoms with Gasteiger partial charge in [0.05, 0.1) is 51.8 Å². The molecule has 1 spiro atoms. The second-order valence-corrected chi connectivity index (χ2v) is 13.1. The Kier molecular flexibility index (Phi) is 7.21. The van der Waals surface area contributed by atoms with E-state index in [1.807, 2.05) is 26.8 Å². The Morgan fingerprint density at radius 3 is 2.61 bits per heavy atom. The maximum atomic E-state index is 12.8. The number of anilines is 2. The average Bonchev–Trinajstić information content (AvgIpc) is 3.06. The molecule has 0 aromatic carbocycles. The van der Waals surface area contributed by atoms with Gasteiger partial charge in [0, 0.05) is 18.5 Å². The highest BCUT2D eigenvalue weighted by atomic mass is 35.5. The molecule has 0 unspecified atom stereocenters. The van der Waals surface area contributed by atoms with Gasteiger partial charge in [-0.1, -0.05) is 23.4 Å². The number of ether oxygens (including phenoxy) is 1. The molecule has 180 valence electrons. The van der Waals surface area contributed by atoms with E-state index in [1.165, 1.54) is 11.8 Å². The van der Waals surface area contributed by atoms with Crippen molar-refractivity contribution in [3.8, 4) is 0 Å². The quantitative estimate of drug-likeness (QED) is 0.586. The molecular formula is C22H31ClN6O2S2. The van der Waals surface area contributed by atoms with Crippen LogP contribution in [-0.2, 0) is 15.7 Å². The first-order valence-corrected chi connectivity index (χ1v) is 13.4. The van der Waals surface area contributed by atoms with Gasteiger partial charge in [0.25, 0.3) is 0 Å². The maximum absolute atomic E-state index is 12.8. The largest absolute Gasteiger partial charge is 0.384 e. The number of pyridine rings is 1. The van der Waals surface area contributed by atoms with Gasteiger partial charge in [0.15, 0.2) is 0 Å². The molecule has 4 heterocycles. The molecule has 2 aromatic heterocycles. The van der Waals surface area contributed by atoms with Crippen LogP contribution >= 0.6 is 23.4 Å². The van der Waals surface area contributed by atoms with Crippen molar-refractivity contribution in [2.45, 2.75) is 67.4 Å². The van der Waals surface area contributed by atoms with Crippen molar-refractivity contribution in [3.63, 3.8) is 0 Å². The lowest BCUT2D eigenvalue weighted by molar-refractivity contribution is 0.0973. The number of nitrogens with one attached hydrogen (secondary N) is 1. The molecule has 2 saturated heterocycles. The summed E-state index contributed by atoms with van der Waals surface area (Å²) in [5.41, 5.74) is 5.64. The number of rotatable bonds is 5. The van der Waals surface area contributed by atoms with E-state index < -0.39 is 11.0 Å². The third-order valence-corrected chi connectivity index (χ3v) is 9.25. The minimum Gasteiger partial charge on any atom is -0.384 e. The van der Waals surface area contributed by atoms with Crippen LogP contribution in [0, 0.1) is 5.41 Å². The van der Waals surface area contributed by atoms with Gasteiger partial charge in [0.1, 0.15) is 21.8 Å². The molecule has 0 aliphatic carbocycles. The van der Waals surface area contributed by atoms with Crippen molar-refractivity contribution >= 4 is 46.0 Å². The zero-order chi connectivity index (χ0) is 23.8. The molecule has 2 fully saturated rings. The summed E-state index contributed by atoms with van der Waals surface area (Å²) in [6.45, 7) is 10.4. The van der Waals surface area contributed by atoms with Crippen molar-refractivity contribution in [1.82, 2.24) is 19.7 Å². The van der Waals surface area contributed by atoms with Crippen LogP contribution in [0.15, 0.2) is 34.4 Å². The van der Waals surface area contributed by atoms with E-state index in [0.717, 1.165) is 41.7 Å². The number of nitrogens with zero attached hydrogens (tertiary/aromatic N) is 4. The Bertz CT molecular complexity index is 1010. The number of aromatic nitrogens is 3. The monoisotopic (exact) mass is 510 g/mol. The van der Waals surface area contributed by atoms with E-state index >= 15 is 0 Å². The van der Waals surface area contributed by atoms with E-state index in [0.29, 0.717) is 17.6 Å². The molecule has 33 heavy (non-hydrogen) atoms. The van der Waals surface area contributed by atoms with Crippen molar-refractivity contribution in [2.75, 3.05) is 30.3 Å². The fraction of sp³-hybridized carbons (Fsp3) is 0.591. The molecular weight excluding hydrogens is 480 g/mol. The van der Waals surface area contributed by atoms with Crippen LogP contribution in [0.4, 0.5) is 11.6 Å². The van der Waals surface area contributed by atoms with Gasteiger partial charge in [-0.25, -0.2) is 23.9 Å². The Morgan fingerprint density at radius 2 is 2.00 bits per heavy atom. The highest BCUT2D eigenvalue weighted by Crippen LogP contribution is 2.43. The highest BCUT2D eigenvalue weighted by molar-refractivity contribution is 7.99. The van der Waals surface area contributed by atoms with E-state index in [2.05, 4.69) is 31.5 Å². The smallest absolute Gasteiger partial charge is 0.147 e. The van der Waals surface area contributed by atoms with Gasteiger partial charge >= 0.3 is 0 Å². The van der Waals surface area contributed by atoms with Crippen molar-refractivity contribution in [3.05, 3.63) is 29.7 Å². The van der Waals surface area contributed by atoms with Crippen LogP contribution in [0.25, 0.3) is 0 Å². The number of hydrogen-bond acceptors (Lipinski definition) is 8. The zero-order valence-corrected chi connectivity index (χ0v) is 21.8. The van der Waals surface area contributed by atoms with Crippen LogP contribution in [0.1, 0.15) is 40.5 Å². The molecule has 0 bridgehead atoms. The molecule has 0 radical (unpaired) electrons. The molecule has 2 aliphatic heterocycles. The lowest BCUT2D eigenvalue weighted by Gasteiger charge is -2.43. The number of nitrogen functional groups attached to an aromatic ring is 1.